The van der Waals surface area contributed by atoms with Gasteiger partial charge in [-0.05, 0) is 48.7 Å². The van der Waals surface area contributed by atoms with Crippen LogP contribution in [0.4, 0.5) is 5.69 Å². The van der Waals surface area contributed by atoms with Crippen LogP contribution in [0.15, 0.2) is 47.9 Å². The first kappa shape index (κ1) is 18.9. The van der Waals surface area contributed by atoms with E-state index in [0.29, 0.717) is 11.3 Å². The van der Waals surface area contributed by atoms with Crippen LogP contribution in [0.3, 0.4) is 0 Å². The summed E-state index contributed by atoms with van der Waals surface area (Å²) in [5, 5.41) is 1.89. The molecule has 0 amide bonds. The first-order valence-corrected chi connectivity index (χ1v) is 10.1. The second-order valence-electron chi connectivity index (χ2n) is 5.24. The number of hydrogen-bond acceptors (Lipinski definition) is 6. The van der Waals surface area contributed by atoms with Gasteiger partial charge in [0.25, 0.3) is 0 Å². The number of carbonyl (C=O) groups is 2. The molecule has 1 unspecified atom stereocenters. The van der Waals surface area contributed by atoms with E-state index < -0.39 is 22.1 Å². The Morgan fingerprint density at radius 2 is 1.88 bits per heavy atom. The van der Waals surface area contributed by atoms with E-state index in [-0.39, 0.29) is 5.78 Å². The van der Waals surface area contributed by atoms with Gasteiger partial charge in [-0.25, -0.2) is 13.2 Å². The first-order chi connectivity index (χ1) is 11.7. The summed E-state index contributed by atoms with van der Waals surface area (Å²) in [6.45, 7) is 1.49. The van der Waals surface area contributed by atoms with Crippen LogP contribution >= 0.6 is 11.3 Å². The Balaban J connectivity index is 1.96. The summed E-state index contributed by atoms with van der Waals surface area (Å²) in [6, 6.07) is 9.61. The first-order valence-electron chi connectivity index (χ1n) is 7.29. The van der Waals surface area contributed by atoms with E-state index in [0.717, 1.165) is 11.1 Å². The highest BCUT2D eigenvalue weighted by Gasteiger charge is 2.18. The minimum Gasteiger partial charge on any atom is -0.451 e. The molecule has 1 N–H and O–H groups in total. The van der Waals surface area contributed by atoms with Gasteiger partial charge in [-0.15, -0.1) is 11.3 Å². The lowest BCUT2D eigenvalue weighted by molar-refractivity contribution is -0.140. The van der Waals surface area contributed by atoms with Crippen molar-refractivity contribution in [2.24, 2.45) is 0 Å². The van der Waals surface area contributed by atoms with Crippen molar-refractivity contribution in [2.75, 3.05) is 11.0 Å². The Labute approximate surface area is 150 Å². The molecule has 1 heterocycles. The zero-order valence-corrected chi connectivity index (χ0v) is 15.3. The fourth-order valence-electron chi connectivity index (χ4n) is 1.95. The second kappa shape index (κ2) is 8.09. The molecule has 0 saturated carbocycles. The quantitative estimate of drug-likeness (QED) is 0.454. The summed E-state index contributed by atoms with van der Waals surface area (Å²) < 4.78 is 29.7. The highest BCUT2D eigenvalue weighted by molar-refractivity contribution is 7.92. The number of nitrogens with one attached hydrogen (secondary N) is 1. The molecular formula is C17H17NO5S2. The van der Waals surface area contributed by atoms with Crippen LogP contribution in [-0.2, 0) is 19.6 Å². The van der Waals surface area contributed by atoms with Crippen molar-refractivity contribution in [2.45, 2.75) is 13.0 Å². The average Bonchev–Trinajstić information content (AvgIpc) is 3.05. The van der Waals surface area contributed by atoms with Gasteiger partial charge in [0.15, 0.2) is 6.10 Å². The molecule has 1 aromatic heterocycles. The molecule has 2 aromatic rings. The Bertz CT molecular complexity index is 868. The fraction of sp³-hybridized carbons (Fsp3) is 0.176. The third-order valence-corrected chi connectivity index (χ3v) is 4.51. The molecule has 8 heteroatoms. The smallest absolute Gasteiger partial charge is 0.331 e. The molecule has 0 aliphatic heterocycles. The van der Waals surface area contributed by atoms with E-state index in [1.54, 1.807) is 6.08 Å². The maximum atomic E-state index is 12.3. The zero-order chi connectivity index (χ0) is 18.4. The maximum Gasteiger partial charge on any atom is 0.331 e. The lowest BCUT2D eigenvalue weighted by Crippen LogP contribution is -2.23. The van der Waals surface area contributed by atoms with Gasteiger partial charge in [0.2, 0.25) is 15.8 Å². The number of benzene rings is 1. The van der Waals surface area contributed by atoms with E-state index in [2.05, 4.69) is 4.72 Å². The van der Waals surface area contributed by atoms with E-state index >= 15 is 0 Å². The number of anilines is 1. The van der Waals surface area contributed by atoms with Crippen LogP contribution < -0.4 is 4.72 Å². The summed E-state index contributed by atoms with van der Waals surface area (Å²) in [7, 11) is -3.38. The number of sulfonamides is 1. The molecule has 0 saturated heterocycles. The molecule has 1 atom stereocenters. The van der Waals surface area contributed by atoms with Crippen LogP contribution in [0.1, 0.15) is 22.2 Å². The third-order valence-electron chi connectivity index (χ3n) is 3.06. The highest BCUT2D eigenvalue weighted by atomic mass is 32.2. The van der Waals surface area contributed by atoms with Crippen LogP contribution in [-0.4, -0.2) is 32.5 Å². The van der Waals surface area contributed by atoms with Crippen molar-refractivity contribution in [3.63, 3.8) is 0 Å². The number of esters is 1. The summed E-state index contributed by atoms with van der Waals surface area (Å²) in [5.41, 5.74) is 0.671. The monoisotopic (exact) mass is 379 g/mol. The Kier molecular flexibility index (Phi) is 6.11. The van der Waals surface area contributed by atoms with Gasteiger partial charge in [0, 0.05) is 22.2 Å². The lowest BCUT2D eigenvalue weighted by atomic mass is 10.1. The molecule has 1 aromatic carbocycles. The number of ketones is 1. The number of hydrogen-bond donors (Lipinski definition) is 1. The van der Waals surface area contributed by atoms with Gasteiger partial charge in [-0.3, -0.25) is 9.52 Å². The summed E-state index contributed by atoms with van der Waals surface area (Å²) >= 11 is 1.48. The Hall–Kier alpha value is -2.45. The molecule has 0 radical (unpaired) electrons. The minimum atomic E-state index is -3.38. The van der Waals surface area contributed by atoms with E-state index in [4.69, 9.17) is 4.74 Å². The van der Waals surface area contributed by atoms with Crippen molar-refractivity contribution >= 4 is 44.9 Å². The molecule has 2 rings (SSSR count). The predicted octanol–water partition coefficient (Wildman–Crippen LogP) is 2.95. The van der Waals surface area contributed by atoms with Crippen LogP contribution in [0.25, 0.3) is 6.08 Å². The highest BCUT2D eigenvalue weighted by Crippen LogP contribution is 2.14. The van der Waals surface area contributed by atoms with Gasteiger partial charge in [-0.1, -0.05) is 6.07 Å². The molecule has 0 spiro atoms. The van der Waals surface area contributed by atoms with Crippen molar-refractivity contribution in [1.29, 1.82) is 0 Å². The predicted molar refractivity (Wildman–Crippen MR) is 98.1 cm³/mol. The molecule has 0 aliphatic rings. The largest absolute Gasteiger partial charge is 0.451 e. The average molecular weight is 379 g/mol. The van der Waals surface area contributed by atoms with Crippen molar-refractivity contribution < 1.29 is 22.7 Å². The molecule has 0 fully saturated rings. The van der Waals surface area contributed by atoms with Crippen LogP contribution in [0, 0.1) is 0 Å². The van der Waals surface area contributed by atoms with Gasteiger partial charge < -0.3 is 4.74 Å². The third kappa shape index (κ3) is 6.17. The SMILES string of the molecule is CC(OC(=O)/C=C/c1cccs1)C(=O)c1ccc(NS(C)(=O)=O)cc1. The minimum absolute atomic E-state index is 0.321. The Morgan fingerprint density at radius 3 is 2.44 bits per heavy atom. The number of rotatable bonds is 7. The second-order valence-corrected chi connectivity index (χ2v) is 7.97. The fourth-order valence-corrected chi connectivity index (χ4v) is 3.14. The number of thiophene rings is 1. The molecule has 0 bridgehead atoms. The lowest BCUT2D eigenvalue weighted by Gasteiger charge is -2.11. The zero-order valence-electron chi connectivity index (χ0n) is 13.6. The number of carbonyl (C=O) groups excluding carboxylic acids is 2. The molecular weight excluding hydrogens is 362 g/mol. The topological polar surface area (TPSA) is 89.5 Å². The van der Waals surface area contributed by atoms with Gasteiger partial charge in [0.05, 0.1) is 6.26 Å². The van der Waals surface area contributed by atoms with Gasteiger partial charge in [0.1, 0.15) is 0 Å². The Morgan fingerprint density at radius 1 is 1.20 bits per heavy atom. The number of Topliss-reactive ketones (excluding diaryl/α,β-unsaturated/α-hetero) is 1. The standard InChI is InChI=1S/C17H17NO5S2/c1-12(23-16(19)10-9-15-4-3-11-24-15)17(20)13-5-7-14(8-6-13)18-25(2,21)22/h3-12,18H,1-2H3/b10-9+. The molecule has 132 valence electrons. The normalized spacial score (nSPS) is 12.7. The van der Waals surface area contributed by atoms with Crippen LogP contribution in [0.5, 0.6) is 0 Å². The summed E-state index contributed by atoms with van der Waals surface area (Å²) in [6.07, 6.45) is 2.98. The van der Waals surface area contributed by atoms with E-state index in [1.165, 1.54) is 48.6 Å². The molecule has 6 nitrogen and oxygen atoms in total. The molecule has 25 heavy (non-hydrogen) atoms. The van der Waals surface area contributed by atoms with Crippen molar-refractivity contribution in [1.82, 2.24) is 0 Å². The van der Waals surface area contributed by atoms with Gasteiger partial charge >= 0.3 is 5.97 Å². The summed E-state index contributed by atoms with van der Waals surface area (Å²) in [5.74, 6) is -0.978. The number of ether oxygens (including phenoxy) is 1. The summed E-state index contributed by atoms with van der Waals surface area (Å²) in [4.78, 5) is 24.9. The molecule has 0 aliphatic carbocycles. The van der Waals surface area contributed by atoms with E-state index in [9.17, 15) is 18.0 Å². The van der Waals surface area contributed by atoms with Crippen molar-refractivity contribution in [3.05, 3.63) is 58.3 Å². The van der Waals surface area contributed by atoms with Crippen LogP contribution in [0.2, 0.25) is 0 Å². The van der Waals surface area contributed by atoms with Gasteiger partial charge in [-0.2, -0.15) is 0 Å². The van der Waals surface area contributed by atoms with Crippen molar-refractivity contribution in [3.8, 4) is 0 Å². The van der Waals surface area contributed by atoms with E-state index in [1.807, 2.05) is 17.5 Å². The maximum absolute atomic E-state index is 12.3.